The molecular weight excluding hydrogens is 336 g/mol. The van der Waals surface area contributed by atoms with E-state index < -0.39 is 5.97 Å². The van der Waals surface area contributed by atoms with Crippen molar-refractivity contribution in [1.82, 2.24) is 4.98 Å². The zero-order chi connectivity index (χ0) is 18.9. The molecule has 0 aliphatic carbocycles. The Morgan fingerprint density at radius 2 is 1.92 bits per heavy atom. The number of ether oxygens (including phenoxy) is 4. The highest BCUT2D eigenvalue weighted by molar-refractivity contribution is 5.95. The number of nitrogens with two attached hydrogens (primary N) is 1. The summed E-state index contributed by atoms with van der Waals surface area (Å²) in [6.45, 7) is 2.15. The molecule has 7 nitrogen and oxygen atoms in total. The quantitative estimate of drug-likeness (QED) is 0.685. The number of benzene rings is 1. The first-order chi connectivity index (χ1) is 12.6. The van der Waals surface area contributed by atoms with E-state index in [-0.39, 0.29) is 42.3 Å². The normalized spacial score (nSPS) is 11.5. The number of methoxy groups -OCH3 is 2. The van der Waals surface area contributed by atoms with Crippen LogP contribution in [0.3, 0.4) is 0 Å². The van der Waals surface area contributed by atoms with Gasteiger partial charge in [0.25, 0.3) is 0 Å². The van der Waals surface area contributed by atoms with Crippen LogP contribution in [-0.4, -0.2) is 44.4 Å². The van der Waals surface area contributed by atoms with Crippen molar-refractivity contribution >= 4 is 5.97 Å². The number of rotatable bonds is 9. The maximum Gasteiger partial charge on any atom is 0.347 e. The summed E-state index contributed by atoms with van der Waals surface area (Å²) in [6, 6.07) is 11.1. The van der Waals surface area contributed by atoms with E-state index in [2.05, 4.69) is 4.98 Å². The maximum absolute atomic E-state index is 12.3. The minimum absolute atomic E-state index is 0.0782. The molecule has 0 fully saturated rings. The van der Waals surface area contributed by atoms with E-state index in [1.807, 2.05) is 30.3 Å². The van der Waals surface area contributed by atoms with Gasteiger partial charge in [-0.05, 0) is 18.9 Å². The highest BCUT2D eigenvalue weighted by Gasteiger charge is 2.24. The number of carbonyl (C=O) groups excluding carboxylic acids is 1. The molecule has 26 heavy (non-hydrogen) atoms. The van der Waals surface area contributed by atoms with Gasteiger partial charge in [0.05, 0.1) is 20.8 Å². The van der Waals surface area contributed by atoms with Gasteiger partial charge >= 0.3 is 5.97 Å². The van der Waals surface area contributed by atoms with E-state index in [0.717, 1.165) is 5.56 Å². The molecule has 1 atom stereocenters. The summed E-state index contributed by atoms with van der Waals surface area (Å²) in [5, 5.41) is 0. The van der Waals surface area contributed by atoms with Crippen LogP contribution in [-0.2, 0) is 11.2 Å². The Morgan fingerprint density at radius 3 is 2.54 bits per heavy atom. The van der Waals surface area contributed by atoms with E-state index in [4.69, 9.17) is 24.7 Å². The molecule has 1 heterocycles. The minimum atomic E-state index is -0.578. The lowest BCUT2D eigenvalue weighted by molar-refractivity contribution is 0.0516. The largest absolute Gasteiger partial charge is 0.491 e. The average molecular weight is 360 g/mol. The topological polar surface area (TPSA) is 92.9 Å². The summed E-state index contributed by atoms with van der Waals surface area (Å²) in [6.07, 6.45) is 0.648. The van der Waals surface area contributed by atoms with Crippen molar-refractivity contribution in [3.8, 4) is 17.5 Å². The Labute approximate surface area is 153 Å². The summed E-state index contributed by atoms with van der Waals surface area (Å²) in [5.41, 5.74) is 7.38. The van der Waals surface area contributed by atoms with Gasteiger partial charge in [-0.25, -0.2) is 4.79 Å². The Balaban J connectivity index is 2.19. The van der Waals surface area contributed by atoms with E-state index in [1.54, 1.807) is 6.92 Å². The molecule has 2 rings (SSSR count). The first-order valence-corrected chi connectivity index (χ1v) is 8.31. The van der Waals surface area contributed by atoms with Crippen LogP contribution in [0.2, 0.25) is 0 Å². The predicted octanol–water partition coefficient (Wildman–Crippen LogP) is 2.22. The third kappa shape index (κ3) is 5.10. The molecule has 0 saturated carbocycles. The van der Waals surface area contributed by atoms with Crippen molar-refractivity contribution in [2.24, 2.45) is 5.73 Å². The number of nitrogens with zero attached hydrogens (tertiary/aromatic N) is 1. The van der Waals surface area contributed by atoms with Crippen molar-refractivity contribution in [2.75, 3.05) is 27.4 Å². The molecule has 0 amide bonds. The molecular formula is C19H24N2O5. The van der Waals surface area contributed by atoms with Gasteiger partial charge in [-0.3, -0.25) is 0 Å². The number of esters is 1. The van der Waals surface area contributed by atoms with Crippen molar-refractivity contribution in [3.63, 3.8) is 0 Å². The number of carbonyl (C=O) groups is 1. The lowest BCUT2D eigenvalue weighted by Gasteiger charge is -2.17. The molecule has 0 bridgehead atoms. The van der Waals surface area contributed by atoms with Gasteiger partial charge in [0.1, 0.15) is 12.4 Å². The molecule has 0 spiro atoms. The monoisotopic (exact) mass is 360 g/mol. The second kappa shape index (κ2) is 9.62. The van der Waals surface area contributed by atoms with Crippen LogP contribution in [0.5, 0.6) is 17.5 Å². The number of hydrogen-bond acceptors (Lipinski definition) is 7. The summed E-state index contributed by atoms with van der Waals surface area (Å²) in [7, 11) is 2.88. The van der Waals surface area contributed by atoms with Gasteiger partial charge in [0, 0.05) is 12.1 Å². The molecule has 2 aromatic rings. The predicted molar refractivity (Wildman–Crippen MR) is 96.9 cm³/mol. The van der Waals surface area contributed by atoms with Gasteiger partial charge in [0.15, 0.2) is 5.56 Å². The van der Waals surface area contributed by atoms with E-state index >= 15 is 0 Å². The van der Waals surface area contributed by atoms with Crippen LogP contribution < -0.4 is 19.9 Å². The molecule has 0 unspecified atom stereocenters. The van der Waals surface area contributed by atoms with Gasteiger partial charge in [0.2, 0.25) is 11.8 Å². The first kappa shape index (κ1) is 19.5. The molecule has 7 heteroatoms. The van der Waals surface area contributed by atoms with E-state index in [9.17, 15) is 4.79 Å². The summed E-state index contributed by atoms with van der Waals surface area (Å²) in [4.78, 5) is 16.4. The minimum Gasteiger partial charge on any atom is -0.491 e. The van der Waals surface area contributed by atoms with E-state index in [1.165, 1.54) is 20.3 Å². The molecule has 2 N–H and O–H groups in total. The number of hydrogen-bond donors (Lipinski definition) is 1. The lowest BCUT2D eigenvalue weighted by Crippen LogP contribution is -2.30. The highest BCUT2D eigenvalue weighted by Crippen LogP contribution is 2.31. The van der Waals surface area contributed by atoms with Crippen molar-refractivity contribution in [3.05, 3.63) is 47.5 Å². The first-order valence-electron chi connectivity index (χ1n) is 8.31. The average Bonchev–Trinajstić information content (AvgIpc) is 2.66. The van der Waals surface area contributed by atoms with Crippen LogP contribution in [0.1, 0.15) is 22.8 Å². The lowest BCUT2D eigenvalue weighted by atomic mass is 10.1. The van der Waals surface area contributed by atoms with Crippen molar-refractivity contribution in [2.45, 2.75) is 19.4 Å². The van der Waals surface area contributed by atoms with Gasteiger partial charge in [-0.1, -0.05) is 30.3 Å². The zero-order valence-corrected chi connectivity index (χ0v) is 15.2. The maximum atomic E-state index is 12.3. The molecule has 0 aliphatic heterocycles. The van der Waals surface area contributed by atoms with Crippen molar-refractivity contribution in [1.29, 1.82) is 0 Å². The smallest absolute Gasteiger partial charge is 0.347 e. The third-order valence-corrected chi connectivity index (χ3v) is 3.60. The molecule has 1 aromatic carbocycles. The Hall–Kier alpha value is -2.80. The molecule has 0 saturated heterocycles. The van der Waals surface area contributed by atoms with Crippen LogP contribution in [0.4, 0.5) is 0 Å². The number of aromatic nitrogens is 1. The molecule has 0 radical (unpaired) electrons. The Morgan fingerprint density at radius 1 is 1.19 bits per heavy atom. The summed E-state index contributed by atoms with van der Waals surface area (Å²) >= 11 is 0. The van der Waals surface area contributed by atoms with E-state index in [0.29, 0.717) is 6.42 Å². The standard InChI is InChI=1S/C19H24N2O5/c1-4-25-19(22)17-15(11-16(23-2)21-18(17)24-3)26-12-14(20)10-13-8-6-5-7-9-13/h5-9,11,14H,4,10,12,20H2,1-3H3/t14-/m1/s1. The fraction of sp³-hybridized carbons (Fsp3) is 0.368. The van der Waals surface area contributed by atoms with Gasteiger partial charge in [-0.15, -0.1) is 0 Å². The SMILES string of the molecule is CCOC(=O)c1c(OC[C@H](N)Cc2ccccc2)cc(OC)nc1OC. The van der Waals surface area contributed by atoms with Crippen LogP contribution >= 0.6 is 0 Å². The fourth-order valence-electron chi connectivity index (χ4n) is 2.41. The fourth-order valence-corrected chi connectivity index (χ4v) is 2.41. The summed E-state index contributed by atoms with van der Waals surface area (Å²) < 4.78 is 21.2. The van der Waals surface area contributed by atoms with Gasteiger partial charge in [-0.2, -0.15) is 4.98 Å². The molecule has 1 aromatic heterocycles. The van der Waals surface area contributed by atoms with Crippen molar-refractivity contribution < 1.29 is 23.7 Å². The van der Waals surface area contributed by atoms with Crippen LogP contribution in [0, 0.1) is 0 Å². The Kier molecular flexibility index (Phi) is 7.23. The highest BCUT2D eigenvalue weighted by atomic mass is 16.5. The third-order valence-electron chi connectivity index (χ3n) is 3.60. The van der Waals surface area contributed by atoms with Crippen LogP contribution in [0.15, 0.2) is 36.4 Å². The van der Waals surface area contributed by atoms with Gasteiger partial charge < -0.3 is 24.7 Å². The molecule has 140 valence electrons. The number of pyridine rings is 1. The molecule has 0 aliphatic rings. The zero-order valence-electron chi connectivity index (χ0n) is 15.2. The second-order valence-corrected chi connectivity index (χ2v) is 5.53. The Bertz CT molecular complexity index is 721. The summed E-state index contributed by atoms with van der Waals surface area (Å²) in [5.74, 6) is 0.0257. The second-order valence-electron chi connectivity index (χ2n) is 5.53. The van der Waals surface area contributed by atoms with Crippen LogP contribution in [0.25, 0.3) is 0 Å².